The largest absolute Gasteiger partial charge is 0.378 e. The van der Waals surface area contributed by atoms with E-state index in [1.54, 1.807) is 6.07 Å². The first-order valence-corrected chi connectivity index (χ1v) is 7.52. The minimum atomic E-state index is -0.0688. The van der Waals surface area contributed by atoms with Crippen LogP contribution in [0.1, 0.15) is 25.7 Å². The molecule has 1 aromatic rings. The molecule has 0 saturated carbocycles. The zero-order chi connectivity index (χ0) is 13.8. The predicted molar refractivity (Wildman–Crippen MR) is 78.6 cm³/mol. The summed E-state index contributed by atoms with van der Waals surface area (Å²) in [6, 6.07) is 1.59. The number of morpholine rings is 1. The lowest BCUT2D eigenvalue weighted by Gasteiger charge is -2.29. The highest BCUT2D eigenvalue weighted by Crippen LogP contribution is 2.18. The summed E-state index contributed by atoms with van der Waals surface area (Å²) in [5.74, 6) is 1.50. The van der Waals surface area contributed by atoms with Crippen molar-refractivity contribution in [1.82, 2.24) is 9.97 Å². The molecule has 2 saturated heterocycles. The van der Waals surface area contributed by atoms with Crippen LogP contribution in [0.15, 0.2) is 10.9 Å². The average molecular weight is 278 g/mol. The van der Waals surface area contributed by atoms with Gasteiger partial charge in [-0.3, -0.25) is 9.78 Å². The second-order valence-corrected chi connectivity index (χ2v) is 5.43. The second kappa shape index (κ2) is 6.26. The molecule has 3 rings (SSSR count). The van der Waals surface area contributed by atoms with Crippen LogP contribution < -0.4 is 15.4 Å². The molecule has 0 bridgehead atoms. The van der Waals surface area contributed by atoms with Crippen molar-refractivity contribution in [2.45, 2.75) is 25.7 Å². The molecular weight excluding hydrogens is 256 g/mol. The fourth-order valence-electron chi connectivity index (χ4n) is 2.82. The summed E-state index contributed by atoms with van der Waals surface area (Å²) in [4.78, 5) is 23.8. The average Bonchev–Trinajstić information content (AvgIpc) is 2.77. The molecule has 0 radical (unpaired) electrons. The third-order valence-corrected chi connectivity index (χ3v) is 3.96. The van der Waals surface area contributed by atoms with E-state index in [9.17, 15) is 4.79 Å². The zero-order valence-electron chi connectivity index (χ0n) is 11.8. The molecule has 1 N–H and O–H groups in total. The van der Waals surface area contributed by atoms with Gasteiger partial charge in [-0.15, -0.1) is 0 Å². The van der Waals surface area contributed by atoms with Gasteiger partial charge in [-0.2, -0.15) is 4.98 Å². The molecule has 2 fully saturated rings. The van der Waals surface area contributed by atoms with E-state index in [-0.39, 0.29) is 5.56 Å². The van der Waals surface area contributed by atoms with E-state index < -0.39 is 0 Å². The van der Waals surface area contributed by atoms with E-state index in [0.29, 0.717) is 13.2 Å². The number of aromatic nitrogens is 2. The number of hydrogen-bond acceptors (Lipinski definition) is 5. The van der Waals surface area contributed by atoms with E-state index in [2.05, 4.69) is 19.8 Å². The van der Waals surface area contributed by atoms with Gasteiger partial charge in [0.2, 0.25) is 5.95 Å². The number of nitrogens with one attached hydrogen (secondary N) is 1. The molecule has 0 atom stereocenters. The number of ether oxygens (including phenoxy) is 1. The van der Waals surface area contributed by atoms with Crippen molar-refractivity contribution in [2.24, 2.45) is 0 Å². The van der Waals surface area contributed by atoms with Crippen LogP contribution in [0.25, 0.3) is 0 Å². The maximum atomic E-state index is 11.9. The number of nitrogens with zero attached hydrogens (tertiary/aromatic N) is 3. The van der Waals surface area contributed by atoms with Crippen molar-refractivity contribution in [3.05, 3.63) is 16.4 Å². The van der Waals surface area contributed by atoms with Gasteiger partial charge in [-0.1, -0.05) is 12.8 Å². The normalized spacial score (nSPS) is 20.8. The maximum Gasteiger partial charge on any atom is 0.254 e. The molecule has 2 aliphatic heterocycles. The van der Waals surface area contributed by atoms with Crippen LogP contribution in [0.3, 0.4) is 0 Å². The Labute approximate surface area is 118 Å². The highest BCUT2D eigenvalue weighted by molar-refractivity contribution is 5.44. The lowest BCUT2D eigenvalue weighted by atomic mass is 10.2. The van der Waals surface area contributed by atoms with E-state index in [0.717, 1.165) is 37.9 Å². The summed E-state index contributed by atoms with van der Waals surface area (Å²) >= 11 is 0. The fourth-order valence-corrected chi connectivity index (χ4v) is 2.82. The molecule has 0 spiro atoms. The molecule has 0 aliphatic carbocycles. The highest BCUT2D eigenvalue weighted by atomic mass is 16.5. The molecule has 0 aromatic carbocycles. The second-order valence-electron chi connectivity index (χ2n) is 5.43. The Morgan fingerprint density at radius 2 is 1.70 bits per heavy atom. The first kappa shape index (κ1) is 13.4. The summed E-state index contributed by atoms with van der Waals surface area (Å²) in [5, 5.41) is 0. The number of H-pyrrole nitrogens is 1. The van der Waals surface area contributed by atoms with Gasteiger partial charge >= 0.3 is 0 Å². The van der Waals surface area contributed by atoms with E-state index in [1.165, 1.54) is 25.7 Å². The van der Waals surface area contributed by atoms with Crippen molar-refractivity contribution in [3.63, 3.8) is 0 Å². The van der Waals surface area contributed by atoms with Crippen LogP contribution in [0, 0.1) is 0 Å². The molecule has 110 valence electrons. The van der Waals surface area contributed by atoms with Crippen LogP contribution in [-0.2, 0) is 4.74 Å². The van der Waals surface area contributed by atoms with E-state index in [4.69, 9.17) is 4.74 Å². The smallest absolute Gasteiger partial charge is 0.254 e. The molecule has 6 heteroatoms. The van der Waals surface area contributed by atoms with Gasteiger partial charge < -0.3 is 14.5 Å². The van der Waals surface area contributed by atoms with Gasteiger partial charge in [0.25, 0.3) is 5.56 Å². The molecule has 0 unspecified atom stereocenters. The Kier molecular flexibility index (Phi) is 4.20. The minimum absolute atomic E-state index is 0.0688. The molecule has 3 heterocycles. The van der Waals surface area contributed by atoms with Gasteiger partial charge in [0.05, 0.1) is 13.2 Å². The molecule has 6 nitrogen and oxygen atoms in total. The van der Waals surface area contributed by atoms with Gasteiger partial charge in [0.15, 0.2) is 0 Å². The van der Waals surface area contributed by atoms with Crippen LogP contribution >= 0.6 is 0 Å². The Morgan fingerprint density at radius 3 is 2.40 bits per heavy atom. The molecule has 20 heavy (non-hydrogen) atoms. The third-order valence-electron chi connectivity index (χ3n) is 3.96. The number of hydrogen-bond donors (Lipinski definition) is 1. The van der Waals surface area contributed by atoms with Crippen molar-refractivity contribution in [1.29, 1.82) is 0 Å². The van der Waals surface area contributed by atoms with Gasteiger partial charge in [0, 0.05) is 32.2 Å². The summed E-state index contributed by atoms with van der Waals surface area (Å²) in [7, 11) is 0. The number of anilines is 2. The van der Waals surface area contributed by atoms with Crippen LogP contribution in [0.5, 0.6) is 0 Å². The Balaban J connectivity index is 1.83. The Morgan fingerprint density at radius 1 is 1.00 bits per heavy atom. The minimum Gasteiger partial charge on any atom is -0.378 e. The van der Waals surface area contributed by atoms with E-state index >= 15 is 0 Å². The third kappa shape index (κ3) is 3.12. The first-order chi connectivity index (χ1) is 9.83. The Hall–Kier alpha value is -1.56. The van der Waals surface area contributed by atoms with Crippen LogP contribution in [0.4, 0.5) is 11.8 Å². The van der Waals surface area contributed by atoms with Gasteiger partial charge in [-0.05, 0) is 12.8 Å². The summed E-state index contributed by atoms with van der Waals surface area (Å²) < 4.78 is 5.35. The Bertz CT molecular complexity index is 488. The standard InChI is InChI=1S/C14H22N4O2/c19-13-11-12(17-7-9-20-10-8-17)15-14(16-13)18-5-3-1-2-4-6-18/h11H,1-10H2,(H,15,16,19). The lowest BCUT2D eigenvalue weighted by Crippen LogP contribution is -2.38. The lowest BCUT2D eigenvalue weighted by molar-refractivity contribution is 0.122. The molecule has 2 aliphatic rings. The highest BCUT2D eigenvalue weighted by Gasteiger charge is 2.17. The summed E-state index contributed by atoms with van der Waals surface area (Å²) in [6.45, 7) is 4.97. The quantitative estimate of drug-likeness (QED) is 0.874. The van der Waals surface area contributed by atoms with Crippen molar-refractivity contribution in [3.8, 4) is 0 Å². The van der Waals surface area contributed by atoms with Crippen molar-refractivity contribution >= 4 is 11.8 Å². The summed E-state index contributed by atoms with van der Waals surface area (Å²) in [5.41, 5.74) is -0.0688. The van der Waals surface area contributed by atoms with Crippen molar-refractivity contribution in [2.75, 3.05) is 49.2 Å². The molecule has 1 aromatic heterocycles. The zero-order valence-corrected chi connectivity index (χ0v) is 11.8. The van der Waals surface area contributed by atoms with Crippen molar-refractivity contribution < 1.29 is 4.74 Å². The number of rotatable bonds is 2. The fraction of sp³-hybridized carbons (Fsp3) is 0.714. The maximum absolute atomic E-state index is 11.9. The van der Waals surface area contributed by atoms with Crippen LogP contribution in [-0.4, -0.2) is 49.4 Å². The van der Waals surface area contributed by atoms with Gasteiger partial charge in [0.1, 0.15) is 5.82 Å². The van der Waals surface area contributed by atoms with Crippen LogP contribution in [0.2, 0.25) is 0 Å². The number of aromatic amines is 1. The monoisotopic (exact) mass is 278 g/mol. The molecule has 0 amide bonds. The first-order valence-electron chi connectivity index (χ1n) is 7.52. The predicted octanol–water partition coefficient (Wildman–Crippen LogP) is 0.987. The SMILES string of the molecule is O=c1cc(N2CCOCC2)nc(N2CCCCCC2)[nH]1. The van der Waals surface area contributed by atoms with E-state index in [1.807, 2.05) is 0 Å². The van der Waals surface area contributed by atoms with Gasteiger partial charge in [-0.25, -0.2) is 0 Å². The topological polar surface area (TPSA) is 61.5 Å². The summed E-state index contributed by atoms with van der Waals surface area (Å²) in [6.07, 6.45) is 4.88. The molecular formula is C14H22N4O2.